The lowest BCUT2D eigenvalue weighted by Gasteiger charge is -2.26. The fourth-order valence-electron chi connectivity index (χ4n) is 4.61. The number of benzene rings is 2. The third-order valence-electron chi connectivity index (χ3n) is 6.69. The highest BCUT2D eigenvalue weighted by molar-refractivity contribution is 6.35. The summed E-state index contributed by atoms with van der Waals surface area (Å²) in [6, 6.07) is 12.5. The van der Waals surface area contributed by atoms with Crippen LogP contribution in [0.3, 0.4) is 0 Å². The predicted molar refractivity (Wildman–Crippen MR) is 148 cm³/mol. The number of fused-ring (bicyclic) bond motifs is 1. The lowest BCUT2D eigenvalue weighted by atomic mass is 9.99. The van der Waals surface area contributed by atoms with Crippen molar-refractivity contribution in [1.82, 2.24) is 9.88 Å². The van der Waals surface area contributed by atoms with E-state index in [2.05, 4.69) is 27.0 Å². The molecule has 5 rings (SSSR count). The number of methoxy groups -OCH3 is 2. The summed E-state index contributed by atoms with van der Waals surface area (Å²) in [5.41, 5.74) is 3.69. The molecule has 2 aromatic carbocycles. The molecule has 39 heavy (non-hydrogen) atoms. The van der Waals surface area contributed by atoms with Crippen molar-refractivity contribution in [2.24, 2.45) is 0 Å². The summed E-state index contributed by atoms with van der Waals surface area (Å²) < 4.78 is 22.2. The van der Waals surface area contributed by atoms with Gasteiger partial charge >= 0.3 is 0 Å². The molecule has 9 heteroatoms. The average Bonchev–Trinajstić information content (AvgIpc) is 3.56. The van der Waals surface area contributed by atoms with Crippen molar-refractivity contribution in [3.8, 4) is 29.1 Å². The number of hydrogen-bond donors (Lipinski definition) is 3. The zero-order valence-electron chi connectivity index (χ0n) is 22.0. The Morgan fingerprint density at radius 2 is 1.92 bits per heavy atom. The number of morpholine rings is 1. The molecule has 2 aliphatic rings. The second-order valence-electron chi connectivity index (χ2n) is 9.08. The molecule has 0 spiro atoms. The molecule has 1 atom stereocenters. The molecule has 0 aliphatic carbocycles. The van der Waals surface area contributed by atoms with E-state index in [-0.39, 0.29) is 5.91 Å². The Morgan fingerprint density at radius 3 is 2.72 bits per heavy atom. The SMILES string of the molecule is COc1cc(C(O)C#Cc2cccc3c2C(=Cc2[nH]ccc2OC)C(=O)N3)ccc1OCCN1CCOCC1. The number of anilines is 1. The van der Waals surface area contributed by atoms with Gasteiger partial charge in [0.2, 0.25) is 0 Å². The summed E-state index contributed by atoms with van der Waals surface area (Å²) in [5, 5.41) is 13.8. The maximum absolute atomic E-state index is 12.8. The lowest BCUT2D eigenvalue weighted by Crippen LogP contribution is -2.38. The van der Waals surface area contributed by atoms with Crippen molar-refractivity contribution in [1.29, 1.82) is 0 Å². The molecule has 0 bridgehead atoms. The van der Waals surface area contributed by atoms with Crippen LogP contribution in [0.15, 0.2) is 48.7 Å². The number of ether oxygens (including phenoxy) is 4. The Hall–Kier alpha value is -4.23. The Bertz CT molecular complexity index is 1430. The van der Waals surface area contributed by atoms with E-state index in [1.165, 1.54) is 0 Å². The second-order valence-corrected chi connectivity index (χ2v) is 9.08. The molecule has 2 aliphatic heterocycles. The zero-order chi connectivity index (χ0) is 27.2. The van der Waals surface area contributed by atoms with Gasteiger partial charge in [-0.1, -0.05) is 24.0 Å². The van der Waals surface area contributed by atoms with Gasteiger partial charge in [-0.3, -0.25) is 9.69 Å². The summed E-state index contributed by atoms with van der Waals surface area (Å²) in [6.07, 6.45) is 2.41. The highest BCUT2D eigenvalue weighted by Crippen LogP contribution is 2.37. The molecule has 0 saturated carbocycles. The number of aliphatic hydroxyl groups excluding tert-OH is 1. The van der Waals surface area contributed by atoms with Gasteiger partial charge in [0.15, 0.2) is 11.5 Å². The van der Waals surface area contributed by atoms with Crippen molar-refractivity contribution in [3.63, 3.8) is 0 Å². The average molecular weight is 530 g/mol. The first kappa shape index (κ1) is 26.4. The number of hydrogen-bond acceptors (Lipinski definition) is 7. The molecular weight excluding hydrogens is 498 g/mol. The van der Waals surface area contributed by atoms with Crippen LogP contribution in [0.25, 0.3) is 11.6 Å². The lowest BCUT2D eigenvalue weighted by molar-refractivity contribution is -0.110. The Labute approximate surface area is 227 Å². The van der Waals surface area contributed by atoms with E-state index in [0.29, 0.717) is 57.5 Å². The first-order valence-electron chi connectivity index (χ1n) is 12.8. The first-order valence-corrected chi connectivity index (χ1v) is 12.8. The number of aromatic nitrogens is 1. The normalized spacial score (nSPS) is 16.7. The summed E-state index contributed by atoms with van der Waals surface area (Å²) in [7, 11) is 3.14. The van der Waals surface area contributed by atoms with Crippen molar-refractivity contribution >= 4 is 23.2 Å². The highest BCUT2D eigenvalue weighted by atomic mass is 16.5. The number of nitrogens with zero attached hydrogens (tertiary/aromatic N) is 1. The summed E-state index contributed by atoms with van der Waals surface area (Å²) >= 11 is 0. The number of amides is 1. The van der Waals surface area contributed by atoms with Crippen LogP contribution in [0, 0.1) is 11.8 Å². The van der Waals surface area contributed by atoms with Crippen LogP contribution < -0.4 is 19.5 Å². The minimum absolute atomic E-state index is 0.231. The van der Waals surface area contributed by atoms with Gasteiger partial charge < -0.3 is 34.4 Å². The number of aromatic amines is 1. The van der Waals surface area contributed by atoms with E-state index >= 15 is 0 Å². The van der Waals surface area contributed by atoms with Crippen LogP contribution >= 0.6 is 0 Å². The Kier molecular flexibility index (Phi) is 8.18. The van der Waals surface area contributed by atoms with Gasteiger partial charge in [-0.25, -0.2) is 0 Å². The van der Waals surface area contributed by atoms with Crippen LogP contribution in [-0.2, 0) is 9.53 Å². The van der Waals surface area contributed by atoms with Crippen LogP contribution in [0.5, 0.6) is 17.2 Å². The molecule has 3 aromatic rings. The fourth-order valence-corrected chi connectivity index (χ4v) is 4.61. The van der Waals surface area contributed by atoms with Gasteiger partial charge in [0.25, 0.3) is 5.91 Å². The molecule has 1 amide bonds. The fraction of sp³-hybridized carbons (Fsp3) is 0.300. The number of aliphatic hydroxyl groups is 1. The maximum Gasteiger partial charge on any atom is 0.256 e. The first-order chi connectivity index (χ1) is 19.1. The third kappa shape index (κ3) is 5.94. The van der Waals surface area contributed by atoms with Gasteiger partial charge in [0.05, 0.1) is 44.4 Å². The largest absolute Gasteiger partial charge is 0.495 e. The van der Waals surface area contributed by atoms with E-state index in [9.17, 15) is 9.90 Å². The quantitative estimate of drug-likeness (QED) is 0.304. The maximum atomic E-state index is 12.8. The summed E-state index contributed by atoms with van der Waals surface area (Å²) in [6.45, 7) is 4.61. The standard InChI is InChI=1S/C30H31N3O6/c1-36-26-10-11-31-24(26)19-22-29-20(4-3-5-23(29)32-30(22)35)6-8-25(34)21-7-9-27(28(18-21)37-2)39-17-14-33-12-15-38-16-13-33/h3-5,7,9-11,18-19,25,31,34H,12-17H2,1-2H3,(H,32,35). The molecule has 1 fully saturated rings. The van der Waals surface area contributed by atoms with Crippen LogP contribution in [0.4, 0.5) is 5.69 Å². The van der Waals surface area contributed by atoms with Gasteiger partial charge in [-0.05, 0) is 42.0 Å². The molecule has 0 radical (unpaired) electrons. The highest BCUT2D eigenvalue weighted by Gasteiger charge is 2.27. The molecular formula is C30H31N3O6. The zero-order valence-corrected chi connectivity index (χ0v) is 22.0. The van der Waals surface area contributed by atoms with Gasteiger partial charge in [0.1, 0.15) is 18.5 Å². The van der Waals surface area contributed by atoms with Crippen LogP contribution in [0.1, 0.15) is 28.5 Å². The van der Waals surface area contributed by atoms with E-state index < -0.39 is 6.10 Å². The van der Waals surface area contributed by atoms with Crippen LogP contribution in [0.2, 0.25) is 0 Å². The minimum Gasteiger partial charge on any atom is -0.495 e. The summed E-state index contributed by atoms with van der Waals surface area (Å²) in [4.78, 5) is 18.1. The smallest absolute Gasteiger partial charge is 0.256 e. The molecule has 202 valence electrons. The van der Waals surface area contributed by atoms with E-state index in [1.54, 1.807) is 50.8 Å². The molecule has 3 heterocycles. The molecule has 1 unspecified atom stereocenters. The number of nitrogens with one attached hydrogen (secondary N) is 2. The molecule has 1 aromatic heterocycles. The number of carbonyl (C=O) groups excluding carboxylic acids is 1. The third-order valence-corrected chi connectivity index (χ3v) is 6.69. The van der Waals surface area contributed by atoms with Crippen molar-refractivity contribution in [2.75, 3.05) is 59.0 Å². The monoisotopic (exact) mass is 529 g/mol. The second kappa shape index (κ2) is 12.1. The van der Waals surface area contributed by atoms with Gasteiger partial charge in [-0.2, -0.15) is 0 Å². The number of carbonyl (C=O) groups is 1. The van der Waals surface area contributed by atoms with Gasteiger partial charge in [-0.15, -0.1) is 0 Å². The number of rotatable bonds is 8. The molecule has 9 nitrogen and oxygen atoms in total. The van der Waals surface area contributed by atoms with Crippen LogP contribution in [-0.4, -0.2) is 74.6 Å². The molecule has 1 saturated heterocycles. The van der Waals surface area contributed by atoms with Crippen molar-refractivity contribution in [2.45, 2.75) is 6.10 Å². The summed E-state index contributed by atoms with van der Waals surface area (Å²) in [5.74, 6) is 7.50. The van der Waals surface area contributed by atoms with Crippen molar-refractivity contribution < 1.29 is 28.8 Å². The number of H-pyrrole nitrogens is 1. The Balaban J connectivity index is 1.33. The van der Waals surface area contributed by atoms with E-state index in [4.69, 9.17) is 18.9 Å². The van der Waals surface area contributed by atoms with Gasteiger partial charge in [0, 0.05) is 37.0 Å². The van der Waals surface area contributed by atoms with E-state index in [1.807, 2.05) is 18.2 Å². The minimum atomic E-state index is -1.07. The molecule has 3 N–H and O–H groups in total. The van der Waals surface area contributed by atoms with E-state index in [0.717, 1.165) is 32.8 Å². The Morgan fingerprint density at radius 1 is 1.10 bits per heavy atom. The predicted octanol–water partition coefficient (Wildman–Crippen LogP) is 3.32. The topological polar surface area (TPSA) is 105 Å². The van der Waals surface area contributed by atoms with Crippen molar-refractivity contribution in [3.05, 3.63) is 71.0 Å².